The first-order chi connectivity index (χ1) is 14.3. The van der Waals surface area contributed by atoms with Crippen LogP contribution >= 0.6 is 0 Å². The standard InChI is InChI=1S/C20H18F3N5O2/c21-20(22,23)14-5-6-18(24-11-14)26-7-9-27(10-8-26)19(30)13-28-16-4-2-1-3-15(16)17(29)12-25-28/h1-6,11-12H,7-10,13H2/p+1. The number of piperazine rings is 1. The maximum absolute atomic E-state index is 12.7. The summed E-state index contributed by atoms with van der Waals surface area (Å²) in [6, 6.07) is 9.42. The molecule has 0 saturated carbocycles. The number of aromatic amines is 1. The van der Waals surface area contributed by atoms with Crippen LogP contribution in [0.1, 0.15) is 5.56 Å². The first kappa shape index (κ1) is 19.9. The summed E-state index contributed by atoms with van der Waals surface area (Å²) in [7, 11) is 0. The third kappa shape index (κ3) is 3.98. The minimum Gasteiger partial charge on any atom is -0.333 e. The summed E-state index contributed by atoms with van der Waals surface area (Å²) in [5, 5.41) is 4.58. The van der Waals surface area contributed by atoms with Gasteiger partial charge in [0.05, 0.1) is 30.4 Å². The number of H-pyrrole nitrogens is 1. The molecule has 4 rings (SSSR count). The van der Waals surface area contributed by atoms with Crippen molar-refractivity contribution < 1.29 is 22.9 Å². The predicted octanol–water partition coefficient (Wildman–Crippen LogP) is 1.58. The molecule has 7 nitrogen and oxygen atoms in total. The van der Waals surface area contributed by atoms with Crippen LogP contribution < -0.4 is 15.3 Å². The van der Waals surface area contributed by atoms with E-state index in [4.69, 9.17) is 0 Å². The number of nitrogens with zero attached hydrogens (tertiary/aromatic N) is 4. The number of alkyl halides is 3. The van der Waals surface area contributed by atoms with Gasteiger partial charge in [-0.05, 0) is 18.2 Å². The van der Waals surface area contributed by atoms with Gasteiger partial charge in [-0.25, -0.2) is 4.98 Å². The summed E-state index contributed by atoms with van der Waals surface area (Å²) < 4.78 is 39.6. The van der Waals surface area contributed by atoms with E-state index in [2.05, 4.69) is 10.1 Å². The third-order valence-electron chi connectivity index (χ3n) is 5.14. The second-order valence-corrected chi connectivity index (χ2v) is 7.01. The van der Waals surface area contributed by atoms with E-state index in [0.717, 1.165) is 12.3 Å². The lowest BCUT2D eigenvalue weighted by Crippen LogP contribution is -2.50. The van der Waals surface area contributed by atoms with Crippen LogP contribution in [0.5, 0.6) is 0 Å². The van der Waals surface area contributed by atoms with Gasteiger partial charge in [-0.3, -0.25) is 19.2 Å². The quantitative estimate of drug-likeness (QED) is 0.648. The molecule has 1 aromatic carbocycles. The topological polar surface area (TPSA) is 72.6 Å². The highest BCUT2D eigenvalue weighted by atomic mass is 19.4. The van der Waals surface area contributed by atoms with E-state index in [0.29, 0.717) is 42.9 Å². The molecule has 1 N–H and O–H groups in total. The number of amides is 1. The van der Waals surface area contributed by atoms with Crippen molar-refractivity contribution in [3.8, 4) is 0 Å². The Hall–Kier alpha value is -3.43. The summed E-state index contributed by atoms with van der Waals surface area (Å²) in [6.07, 6.45) is -2.24. The van der Waals surface area contributed by atoms with Gasteiger partial charge < -0.3 is 4.90 Å². The highest BCUT2D eigenvalue weighted by Crippen LogP contribution is 2.28. The minimum absolute atomic E-state index is 0.00714. The summed E-state index contributed by atoms with van der Waals surface area (Å²) in [6.45, 7) is 1.86. The number of hydrogen-bond donors (Lipinski definition) is 0. The van der Waals surface area contributed by atoms with Gasteiger partial charge in [0.25, 0.3) is 5.82 Å². The maximum atomic E-state index is 12.7. The lowest BCUT2D eigenvalue weighted by atomic mass is 10.2. The molecule has 30 heavy (non-hydrogen) atoms. The van der Waals surface area contributed by atoms with Crippen molar-refractivity contribution in [2.45, 2.75) is 12.7 Å². The van der Waals surface area contributed by atoms with Gasteiger partial charge in [0.15, 0.2) is 0 Å². The zero-order valence-electron chi connectivity index (χ0n) is 15.9. The Morgan fingerprint density at radius 3 is 2.47 bits per heavy atom. The zero-order chi connectivity index (χ0) is 21.3. The van der Waals surface area contributed by atoms with Gasteiger partial charge in [-0.15, -0.1) is 0 Å². The summed E-state index contributed by atoms with van der Waals surface area (Å²) >= 11 is 0. The molecule has 2 aromatic heterocycles. The van der Waals surface area contributed by atoms with E-state index in [9.17, 15) is 22.8 Å². The highest BCUT2D eigenvalue weighted by Gasteiger charge is 2.33. The van der Waals surface area contributed by atoms with Gasteiger partial charge in [0.2, 0.25) is 11.3 Å². The van der Waals surface area contributed by atoms with Crippen molar-refractivity contribution in [2.24, 2.45) is 0 Å². The second kappa shape index (κ2) is 7.77. The average molecular weight is 418 g/mol. The fourth-order valence-corrected chi connectivity index (χ4v) is 3.50. The number of halogens is 3. The zero-order valence-corrected chi connectivity index (χ0v) is 15.9. The molecule has 1 aliphatic heterocycles. The molecular formula is C20H19F3N5O2+. The van der Waals surface area contributed by atoms with Gasteiger partial charge >= 0.3 is 6.18 Å². The Kier molecular flexibility index (Phi) is 5.15. The number of para-hydroxylation sites is 1. The number of anilines is 1. The second-order valence-electron chi connectivity index (χ2n) is 7.01. The lowest BCUT2D eigenvalue weighted by molar-refractivity contribution is -0.367. The molecule has 3 heterocycles. The summed E-state index contributed by atoms with van der Waals surface area (Å²) in [4.78, 5) is 30.9. The molecule has 0 radical (unpaired) electrons. The maximum Gasteiger partial charge on any atom is 0.419 e. The van der Waals surface area contributed by atoms with E-state index < -0.39 is 11.7 Å². The van der Waals surface area contributed by atoms with Crippen LogP contribution in [0.2, 0.25) is 0 Å². The number of fused-ring (bicyclic) bond motifs is 1. The molecule has 1 fully saturated rings. The third-order valence-corrected chi connectivity index (χ3v) is 5.14. The van der Waals surface area contributed by atoms with Crippen LogP contribution in [-0.4, -0.2) is 46.8 Å². The summed E-state index contributed by atoms with van der Waals surface area (Å²) in [5.41, 5.74) is -0.340. The van der Waals surface area contributed by atoms with Crippen LogP contribution in [0.25, 0.3) is 10.9 Å². The monoisotopic (exact) mass is 418 g/mol. The molecule has 0 atom stereocenters. The van der Waals surface area contributed by atoms with Crippen LogP contribution in [0.4, 0.5) is 19.0 Å². The van der Waals surface area contributed by atoms with Crippen LogP contribution in [0.3, 0.4) is 0 Å². The van der Waals surface area contributed by atoms with Crippen molar-refractivity contribution >= 4 is 22.6 Å². The Labute approximate surface area is 169 Å². The molecule has 3 aromatic rings. The number of carbonyl (C=O) groups is 1. The van der Waals surface area contributed by atoms with Crippen molar-refractivity contribution in [1.29, 1.82) is 0 Å². The molecule has 1 saturated heterocycles. The number of aromatic nitrogens is 3. The molecule has 10 heteroatoms. The molecule has 0 spiro atoms. The normalized spacial score (nSPS) is 14.9. The fraction of sp³-hybridized carbons (Fsp3) is 0.300. The number of benzene rings is 1. The molecule has 156 valence electrons. The molecule has 1 aliphatic rings. The highest BCUT2D eigenvalue weighted by molar-refractivity contribution is 5.81. The van der Waals surface area contributed by atoms with Gasteiger partial charge in [-0.1, -0.05) is 12.1 Å². The Morgan fingerprint density at radius 2 is 1.80 bits per heavy atom. The van der Waals surface area contributed by atoms with Crippen LogP contribution in [-0.2, 0) is 17.5 Å². The summed E-state index contributed by atoms with van der Waals surface area (Å²) in [5.74, 6) is 0.440. The Morgan fingerprint density at radius 1 is 1.07 bits per heavy atom. The van der Waals surface area contributed by atoms with E-state index >= 15 is 0 Å². The smallest absolute Gasteiger partial charge is 0.333 e. The van der Waals surface area contributed by atoms with E-state index in [1.165, 1.54) is 16.9 Å². The Bertz CT molecular complexity index is 1120. The largest absolute Gasteiger partial charge is 0.419 e. The van der Waals surface area contributed by atoms with Gasteiger partial charge in [0, 0.05) is 11.5 Å². The molecule has 0 aliphatic carbocycles. The van der Waals surface area contributed by atoms with Gasteiger partial charge in [-0.2, -0.15) is 18.3 Å². The van der Waals surface area contributed by atoms with E-state index in [1.54, 1.807) is 29.2 Å². The Balaban J connectivity index is 1.40. The van der Waals surface area contributed by atoms with Crippen LogP contribution in [0, 0.1) is 0 Å². The number of carbonyl (C=O) groups excluding carboxylic acids is 1. The molecule has 1 amide bonds. The molecule has 0 unspecified atom stereocenters. The van der Waals surface area contributed by atoms with Crippen molar-refractivity contribution in [3.63, 3.8) is 0 Å². The fourth-order valence-electron chi connectivity index (χ4n) is 3.50. The molecule has 0 bridgehead atoms. The van der Waals surface area contributed by atoms with Crippen molar-refractivity contribution in [1.82, 2.24) is 14.7 Å². The van der Waals surface area contributed by atoms with E-state index in [1.807, 2.05) is 4.90 Å². The number of nitrogens with one attached hydrogen (secondary N) is 1. The van der Waals surface area contributed by atoms with Crippen molar-refractivity contribution in [2.75, 3.05) is 31.1 Å². The minimum atomic E-state index is -4.39. The lowest BCUT2D eigenvalue weighted by Gasteiger charge is -2.31. The van der Waals surface area contributed by atoms with Crippen LogP contribution in [0.15, 0.2) is 53.6 Å². The first-order valence-corrected chi connectivity index (χ1v) is 9.39. The number of rotatable bonds is 3. The van der Waals surface area contributed by atoms with Gasteiger partial charge in [0.1, 0.15) is 25.8 Å². The predicted molar refractivity (Wildman–Crippen MR) is 103 cm³/mol. The number of pyridine rings is 1. The average Bonchev–Trinajstić information content (AvgIpc) is 2.75. The SMILES string of the molecule is O=C(Cn1ncc(=O)c2ccccc21)N1CCN(c2ccc(C(F)(F)F)c[nH+]2)CC1. The number of hydrogen-bond acceptors (Lipinski definition) is 4. The molecular weight excluding hydrogens is 399 g/mol. The first-order valence-electron chi connectivity index (χ1n) is 9.39. The van der Waals surface area contributed by atoms with Crippen molar-refractivity contribution in [3.05, 3.63) is 64.6 Å². The van der Waals surface area contributed by atoms with E-state index in [-0.39, 0.29) is 17.9 Å².